The van der Waals surface area contributed by atoms with Gasteiger partial charge in [0.25, 0.3) is 5.91 Å². The van der Waals surface area contributed by atoms with E-state index in [2.05, 4.69) is 22.2 Å². The van der Waals surface area contributed by atoms with Crippen molar-refractivity contribution in [2.45, 2.75) is 19.9 Å². The molecule has 0 radical (unpaired) electrons. The van der Waals surface area contributed by atoms with Crippen LogP contribution >= 0.6 is 0 Å². The van der Waals surface area contributed by atoms with Gasteiger partial charge in [0, 0.05) is 20.1 Å². The molecule has 110 valence electrons. The van der Waals surface area contributed by atoms with Crippen LogP contribution in [0, 0.1) is 0 Å². The Balaban J connectivity index is 1.98. The number of carbonyl (C=O) groups excluding carboxylic acids is 1. The zero-order valence-electron chi connectivity index (χ0n) is 12.4. The van der Waals surface area contributed by atoms with E-state index in [9.17, 15) is 4.79 Å². The summed E-state index contributed by atoms with van der Waals surface area (Å²) in [5, 5.41) is 3.13. The minimum absolute atomic E-state index is 0.131. The topological polar surface area (TPSA) is 58.1 Å². The lowest BCUT2D eigenvalue weighted by molar-refractivity contribution is 0.0779. The van der Waals surface area contributed by atoms with Gasteiger partial charge in [-0.05, 0) is 12.0 Å². The summed E-state index contributed by atoms with van der Waals surface area (Å²) in [5.41, 5.74) is 1.44. The van der Waals surface area contributed by atoms with E-state index in [1.807, 2.05) is 30.3 Å². The molecule has 1 aromatic carbocycles. The second kappa shape index (κ2) is 7.38. The van der Waals surface area contributed by atoms with E-state index in [1.165, 1.54) is 6.20 Å². The van der Waals surface area contributed by atoms with E-state index in [0.29, 0.717) is 18.1 Å². The summed E-state index contributed by atoms with van der Waals surface area (Å²) in [6.07, 6.45) is 4.13. The summed E-state index contributed by atoms with van der Waals surface area (Å²) in [6.45, 7) is 3.48. The number of aromatic nitrogens is 2. The Morgan fingerprint density at radius 1 is 1.19 bits per heavy atom. The van der Waals surface area contributed by atoms with Crippen molar-refractivity contribution in [1.82, 2.24) is 14.9 Å². The molecule has 0 fully saturated rings. The predicted molar refractivity (Wildman–Crippen MR) is 83.1 cm³/mol. The van der Waals surface area contributed by atoms with Crippen molar-refractivity contribution in [3.05, 3.63) is 54.0 Å². The summed E-state index contributed by atoms with van der Waals surface area (Å²) in [4.78, 5) is 22.3. The minimum atomic E-state index is -0.131. The maximum Gasteiger partial charge on any atom is 0.274 e. The van der Waals surface area contributed by atoms with E-state index in [1.54, 1.807) is 18.1 Å². The van der Waals surface area contributed by atoms with Crippen LogP contribution in [0.4, 0.5) is 5.82 Å². The molecule has 0 unspecified atom stereocenters. The normalized spacial score (nSPS) is 10.2. The number of nitrogens with one attached hydrogen (secondary N) is 1. The van der Waals surface area contributed by atoms with Crippen molar-refractivity contribution in [2.75, 3.05) is 18.9 Å². The standard InChI is InChI=1S/C16H20N4O/c1-3-9-17-15-11-18-14(10-19-15)16(21)20(2)12-13-7-5-4-6-8-13/h4-8,10-11H,3,9,12H2,1-2H3,(H,17,19). The zero-order valence-corrected chi connectivity index (χ0v) is 12.4. The van der Waals surface area contributed by atoms with Crippen LogP contribution in [-0.2, 0) is 6.54 Å². The molecule has 1 N–H and O–H groups in total. The van der Waals surface area contributed by atoms with E-state index in [4.69, 9.17) is 0 Å². The lowest BCUT2D eigenvalue weighted by atomic mass is 10.2. The van der Waals surface area contributed by atoms with Gasteiger partial charge in [0.2, 0.25) is 0 Å². The lowest BCUT2D eigenvalue weighted by Gasteiger charge is -2.16. The Morgan fingerprint density at radius 2 is 1.95 bits per heavy atom. The summed E-state index contributed by atoms with van der Waals surface area (Å²) in [5.74, 6) is 0.563. The van der Waals surface area contributed by atoms with Crippen LogP contribution < -0.4 is 5.32 Å². The number of anilines is 1. The Labute approximate surface area is 125 Å². The third-order valence-electron chi connectivity index (χ3n) is 3.04. The second-order valence-electron chi connectivity index (χ2n) is 4.86. The van der Waals surface area contributed by atoms with Crippen molar-refractivity contribution in [3.8, 4) is 0 Å². The zero-order chi connectivity index (χ0) is 15.1. The fourth-order valence-corrected chi connectivity index (χ4v) is 1.91. The van der Waals surface area contributed by atoms with Crippen molar-refractivity contribution < 1.29 is 4.79 Å². The van der Waals surface area contributed by atoms with Gasteiger partial charge >= 0.3 is 0 Å². The van der Waals surface area contributed by atoms with Crippen LogP contribution in [0.15, 0.2) is 42.7 Å². The third kappa shape index (κ3) is 4.27. The smallest absolute Gasteiger partial charge is 0.274 e. The quantitative estimate of drug-likeness (QED) is 0.885. The van der Waals surface area contributed by atoms with Crippen molar-refractivity contribution >= 4 is 11.7 Å². The van der Waals surface area contributed by atoms with Crippen LogP contribution in [-0.4, -0.2) is 34.4 Å². The molecule has 5 heteroatoms. The van der Waals surface area contributed by atoms with Gasteiger partial charge in [-0.3, -0.25) is 4.79 Å². The first-order chi connectivity index (χ1) is 10.2. The molecular formula is C16H20N4O. The second-order valence-corrected chi connectivity index (χ2v) is 4.86. The van der Waals surface area contributed by atoms with E-state index < -0.39 is 0 Å². The number of nitrogens with zero attached hydrogens (tertiary/aromatic N) is 3. The van der Waals surface area contributed by atoms with E-state index >= 15 is 0 Å². The highest BCUT2D eigenvalue weighted by atomic mass is 16.2. The third-order valence-corrected chi connectivity index (χ3v) is 3.04. The largest absolute Gasteiger partial charge is 0.369 e. The van der Waals surface area contributed by atoms with Gasteiger partial charge in [0.1, 0.15) is 11.5 Å². The van der Waals surface area contributed by atoms with Gasteiger partial charge in [-0.15, -0.1) is 0 Å². The molecule has 5 nitrogen and oxygen atoms in total. The molecule has 0 aliphatic heterocycles. The van der Waals surface area contributed by atoms with Gasteiger partial charge in [-0.1, -0.05) is 37.3 Å². The molecular weight excluding hydrogens is 264 g/mol. The fraction of sp³-hybridized carbons (Fsp3) is 0.312. The van der Waals surface area contributed by atoms with Crippen molar-refractivity contribution in [2.24, 2.45) is 0 Å². The number of rotatable bonds is 6. The van der Waals surface area contributed by atoms with Gasteiger partial charge in [-0.2, -0.15) is 0 Å². The molecule has 0 spiro atoms. The minimum Gasteiger partial charge on any atom is -0.369 e. The van der Waals surface area contributed by atoms with Gasteiger partial charge in [0.15, 0.2) is 0 Å². The number of hydrogen-bond donors (Lipinski definition) is 1. The van der Waals surface area contributed by atoms with Crippen LogP contribution in [0.3, 0.4) is 0 Å². The predicted octanol–water partition coefficient (Wildman–Crippen LogP) is 2.57. The fourth-order valence-electron chi connectivity index (χ4n) is 1.91. The Bertz CT molecular complexity index is 569. The molecule has 0 aliphatic rings. The average Bonchev–Trinajstić information content (AvgIpc) is 2.53. The average molecular weight is 284 g/mol. The summed E-state index contributed by atoms with van der Waals surface area (Å²) < 4.78 is 0. The molecule has 21 heavy (non-hydrogen) atoms. The molecule has 0 bridgehead atoms. The molecule has 2 aromatic rings. The molecule has 2 rings (SSSR count). The van der Waals surface area contributed by atoms with Crippen LogP contribution in [0.2, 0.25) is 0 Å². The molecule has 1 heterocycles. The molecule has 0 aliphatic carbocycles. The van der Waals surface area contributed by atoms with Crippen molar-refractivity contribution in [3.63, 3.8) is 0 Å². The molecule has 0 saturated heterocycles. The molecule has 0 saturated carbocycles. The molecule has 1 aromatic heterocycles. The van der Waals surface area contributed by atoms with Crippen molar-refractivity contribution in [1.29, 1.82) is 0 Å². The SMILES string of the molecule is CCCNc1cnc(C(=O)N(C)Cc2ccccc2)cn1. The Kier molecular flexibility index (Phi) is 5.26. The first kappa shape index (κ1) is 15.0. The maximum atomic E-state index is 12.3. The van der Waals surface area contributed by atoms with E-state index in [0.717, 1.165) is 18.5 Å². The first-order valence-electron chi connectivity index (χ1n) is 7.06. The number of benzene rings is 1. The summed E-state index contributed by atoms with van der Waals surface area (Å²) in [6, 6.07) is 9.86. The number of hydrogen-bond acceptors (Lipinski definition) is 4. The van der Waals surface area contributed by atoms with Crippen LogP contribution in [0.1, 0.15) is 29.4 Å². The molecule has 1 amide bonds. The highest BCUT2D eigenvalue weighted by Crippen LogP contribution is 2.07. The Hall–Kier alpha value is -2.43. The Morgan fingerprint density at radius 3 is 2.57 bits per heavy atom. The monoisotopic (exact) mass is 284 g/mol. The van der Waals surface area contributed by atoms with Gasteiger partial charge < -0.3 is 10.2 Å². The summed E-state index contributed by atoms with van der Waals surface area (Å²) >= 11 is 0. The number of amides is 1. The summed E-state index contributed by atoms with van der Waals surface area (Å²) in [7, 11) is 1.76. The first-order valence-corrected chi connectivity index (χ1v) is 7.06. The maximum absolute atomic E-state index is 12.3. The van der Waals surface area contributed by atoms with Gasteiger partial charge in [-0.25, -0.2) is 9.97 Å². The lowest BCUT2D eigenvalue weighted by Crippen LogP contribution is -2.27. The van der Waals surface area contributed by atoms with Gasteiger partial charge in [0.05, 0.1) is 12.4 Å². The van der Waals surface area contributed by atoms with E-state index in [-0.39, 0.29) is 5.91 Å². The van der Waals surface area contributed by atoms with Crippen LogP contribution in [0.5, 0.6) is 0 Å². The highest BCUT2D eigenvalue weighted by Gasteiger charge is 2.13. The molecule has 0 atom stereocenters. The highest BCUT2D eigenvalue weighted by molar-refractivity contribution is 5.91. The number of carbonyl (C=O) groups is 1. The van der Waals surface area contributed by atoms with Crippen LogP contribution in [0.25, 0.3) is 0 Å².